The summed E-state index contributed by atoms with van der Waals surface area (Å²) in [7, 11) is 2.02. The van der Waals surface area contributed by atoms with Crippen LogP contribution in [-0.4, -0.2) is 36.4 Å². The lowest BCUT2D eigenvalue weighted by Crippen LogP contribution is -2.31. The standard InChI is InChI=1S/C26H53NO3.C2H4/c1-9-23(30-21(3)28)17-13-18-24(25(4,5)10-2)22(15-11-12-20-27-8)16-14-19-26(6,7)29;1-2/h22-24,27,29H,9-20H2,1-8H3;1-2H2. The van der Waals surface area contributed by atoms with E-state index in [1.54, 1.807) is 0 Å². The first kappa shape index (κ1) is 33.3. The molecule has 0 bridgehead atoms. The van der Waals surface area contributed by atoms with E-state index < -0.39 is 5.60 Å². The molecule has 0 aliphatic rings. The highest BCUT2D eigenvalue weighted by Gasteiger charge is 2.34. The van der Waals surface area contributed by atoms with Crippen molar-refractivity contribution in [3.8, 4) is 0 Å². The van der Waals surface area contributed by atoms with Gasteiger partial charge >= 0.3 is 5.97 Å². The maximum atomic E-state index is 11.3. The van der Waals surface area contributed by atoms with Crippen molar-refractivity contribution in [3.05, 3.63) is 13.2 Å². The molecule has 0 fully saturated rings. The van der Waals surface area contributed by atoms with Crippen LogP contribution in [0.4, 0.5) is 0 Å². The van der Waals surface area contributed by atoms with Crippen molar-refractivity contribution >= 4 is 5.97 Å². The molecule has 4 heteroatoms. The lowest BCUT2D eigenvalue weighted by Gasteiger charge is -2.40. The molecule has 0 aromatic heterocycles. The van der Waals surface area contributed by atoms with Crippen LogP contribution in [0.2, 0.25) is 0 Å². The van der Waals surface area contributed by atoms with E-state index in [2.05, 4.69) is 46.2 Å². The molecular weight excluding hydrogens is 398 g/mol. The molecule has 0 radical (unpaired) electrons. The molecule has 4 nitrogen and oxygen atoms in total. The van der Waals surface area contributed by atoms with Gasteiger partial charge in [-0.15, -0.1) is 13.2 Å². The second-order valence-electron chi connectivity index (χ2n) is 10.6. The Morgan fingerprint density at radius 2 is 1.56 bits per heavy atom. The second kappa shape index (κ2) is 18.5. The van der Waals surface area contributed by atoms with Crippen LogP contribution in [0.3, 0.4) is 0 Å². The molecule has 0 aliphatic heterocycles. The molecule has 3 unspecified atom stereocenters. The number of unbranched alkanes of at least 4 members (excludes halogenated alkanes) is 1. The lowest BCUT2D eigenvalue weighted by molar-refractivity contribution is -0.146. The molecule has 0 heterocycles. The number of hydrogen-bond acceptors (Lipinski definition) is 4. The van der Waals surface area contributed by atoms with Gasteiger partial charge in [-0.3, -0.25) is 4.79 Å². The monoisotopic (exact) mass is 455 g/mol. The highest BCUT2D eigenvalue weighted by molar-refractivity contribution is 5.66. The molecule has 0 aromatic rings. The molecule has 0 saturated carbocycles. The largest absolute Gasteiger partial charge is 0.463 e. The third-order valence-corrected chi connectivity index (χ3v) is 6.93. The van der Waals surface area contributed by atoms with Gasteiger partial charge in [0.05, 0.1) is 5.60 Å². The molecule has 0 aliphatic carbocycles. The molecule has 0 rings (SSSR count). The molecular formula is C28H57NO3. The van der Waals surface area contributed by atoms with E-state index in [4.69, 9.17) is 4.74 Å². The summed E-state index contributed by atoms with van der Waals surface area (Å²) in [6.45, 7) is 21.7. The predicted octanol–water partition coefficient (Wildman–Crippen LogP) is 7.30. The average molecular weight is 456 g/mol. The minimum atomic E-state index is -0.579. The van der Waals surface area contributed by atoms with Gasteiger partial charge in [-0.1, -0.05) is 59.8 Å². The summed E-state index contributed by atoms with van der Waals surface area (Å²) >= 11 is 0. The number of ether oxygens (including phenoxy) is 1. The Bertz CT molecular complexity index is 456. The fourth-order valence-corrected chi connectivity index (χ4v) is 4.73. The number of rotatable bonds is 18. The van der Waals surface area contributed by atoms with Gasteiger partial charge in [0.1, 0.15) is 6.10 Å². The Morgan fingerprint density at radius 3 is 2.03 bits per heavy atom. The van der Waals surface area contributed by atoms with Crippen LogP contribution in [0.25, 0.3) is 0 Å². The van der Waals surface area contributed by atoms with Crippen LogP contribution in [0.1, 0.15) is 119 Å². The first-order valence-corrected chi connectivity index (χ1v) is 13.0. The average Bonchev–Trinajstić information content (AvgIpc) is 2.72. The highest BCUT2D eigenvalue weighted by Crippen LogP contribution is 2.43. The number of carbonyl (C=O) groups is 1. The van der Waals surface area contributed by atoms with Gasteiger partial charge in [0.25, 0.3) is 0 Å². The number of esters is 1. The summed E-state index contributed by atoms with van der Waals surface area (Å²) in [5.41, 5.74) is -0.281. The molecule has 0 saturated heterocycles. The Morgan fingerprint density at radius 1 is 0.969 bits per heavy atom. The van der Waals surface area contributed by atoms with Crippen LogP contribution >= 0.6 is 0 Å². The van der Waals surface area contributed by atoms with Crippen molar-refractivity contribution in [1.82, 2.24) is 5.32 Å². The normalized spacial score (nSPS) is 14.8. The summed E-state index contributed by atoms with van der Waals surface area (Å²) in [4.78, 5) is 11.3. The summed E-state index contributed by atoms with van der Waals surface area (Å²) in [5.74, 6) is 1.18. The van der Waals surface area contributed by atoms with Gasteiger partial charge in [0, 0.05) is 6.92 Å². The Balaban J connectivity index is 0. The Kier molecular flexibility index (Phi) is 19.3. The zero-order valence-electron chi connectivity index (χ0n) is 22.9. The van der Waals surface area contributed by atoms with Gasteiger partial charge in [-0.05, 0) is 83.2 Å². The van der Waals surface area contributed by atoms with E-state index >= 15 is 0 Å². The fourth-order valence-electron chi connectivity index (χ4n) is 4.73. The molecule has 2 N–H and O–H groups in total. The molecule has 32 heavy (non-hydrogen) atoms. The summed E-state index contributed by atoms with van der Waals surface area (Å²) in [6.07, 6.45) is 12.3. The zero-order valence-corrected chi connectivity index (χ0v) is 22.9. The molecule has 192 valence electrons. The second-order valence-corrected chi connectivity index (χ2v) is 10.6. The molecule has 3 atom stereocenters. The van der Waals surface area contributed by atoms with E-state index in [0.717, 1.165) is 38.6 Å². The van der Waals surface area contributed by atoms with Gasteiger partial charge in [-0.2, -0.15) is 0 Å². The van der Waals surface area contributed by atoms with Gasteiger partial charge in [-0.25, -0.2) is 0 Å². The van der Waals surface area contributed by atoms with Gasteiger partial charge in [0.2, 0.25) is 0 Å². The number of nitrogens with one attached hydrogen (secondary N) is 1. The highest BCUT2D eigenvalue weighted by atomic mass is 16.5. The van der Waals surface area contributed by atoms with Crippen molar-refractivity contribution in [2.24, 2.45) is 17.3 Å². The topological polar surface area (TPSA) is 58.6 Å². The first-order valence-electron chi connectivity index (χ1n) is 13.0. The van der Waals surface area contributed by atoms with Crippen molar-refractivity contribution < 1.29 is 14.6 Å². The number of aliphatic hydroxyl groups is 1. The maximum absolute atomic E-state index is 11.3. The molecule has 0 spiro atoms. The van der Waals surface area contributed by atoms with Crippen molar-refractivity contribution in [1.29, 1.82) is 0 Å². The van der Waals surface area contributed by atoms with Crippen molar-refractivity contribution in [3.63, 3.8) is 0 Å². The maximum Gasteiger partial charge on any atom is 0.302 e. The smallest absolute Gasteiger partial charge is 0.302 e. The minimum absolute atomic E-state index is 0.0529. The van der Waals surface area contributed by atoms with E-state index in [0.29, 0.717) is 17.3 Å². The van der Waals surface area contributed by atoms with Gasteiger partial charge < -0.3 is 15.2 Å². The fraction of sp³-hybridized carbons (Fsp3) is 0.893. The van der Waals surface area contributed by atoms with Crippen LogP contribution in [0.5, 0.6) is 0 Å². The minimum Gasteiger partial charge on any atom is -0.463 e. The molecule has 0 aromatic carbocycles. The van der Waals surface area contributed by atoms with E-state index in [1.165, 1.54) is 45.4 Å². The van der Waals surface area contributed by atoms with Crippen LogP contribution in [-0.2, 0) is 9.53 Å². The third-order valence-electron chi connectivity index (χ3n) is 6.93. The molecule has 0 amide bonds. The lowest BCUT2D eigenvalue weighted by atomic mass is 9.65. The quantitative estimate of drug-likeness (QED) is 0.129. The summed E-state index contributed by atoms with van der Waals surface area (Å²) < 4.78 is 5.47. The van der Waals surface area contributed by atoms with Crippen LogP contribution < -0.4 is 5.32 Å². The summed E-state index contributed by atoms with van der Waals surface area (Å²) in [5, 5.41) is 13.4. The Labute approximate surface area is 201 Å². The van der Waals surface area contributed by atoms with Crippen molar-refractivity contribution in [2.75, 3.05) is 13.6 Å². The third kappa shape index (κ3) is 16.7. The Hall–Kier alpha value is -0.870. The number of hydrogen-bond donors (Lipinski definition) is 2. The van der Waals surface area contributed by atoms with Crippen LogP contribution in [0, 0.1) is 17.3 Å². The van der Waals surface area contributed by atoms with E-state index in [9.17, 15) is 9.90 Å². The predicted molar refractivity (Wildman–Crippen MR) is 140 cm³/mol. The summed E-state index contributed by atoms with van der Waals surface area (Å²) in [6, 6.07) is 0. The van der Waals surface area contributed by atoms with Gasteiger partial charge in [0.15, 0.2) is 0 Å². The van der Waals surface area contributed by atoms with E-state index in [-0.39, 0.29) is 12.1 Å². The van der Waals surface area contributed by atoms with E-state index in [1.807, 2.05) is 20.9 Å². The van der Waals surface area contributed by atoms with Crippen molar-refractivity contribution in [2.45, 2.75) is 131 Å². The first-order chi connectivity index (χ1) is 15.0. The SMILES string of the molecule is C=C.CCC(CCCC(C(CCCCNC)CCCC(C)(C)O)C(C)(C)CC)OC(C)=O. The number of carbonyl (C=O) groups excluding carboxylic acids is 1. The zero-order chi connectivity index (χ0) is 25.2. The van der Waals surface area contributed by atoms with Crippen LogP contribution in [0.15, 0.2) is 13.2 Å².